The van der Waals surface area contributed by atoms with Crippen molar-refractivity contribution in [2.45, 2.75) is 43.8 Å². The van der Waals surface area contributed by atoms with Crippen LogP contribution in [-0.2, 0) is 11.8 Å². The molecular formula is C13H16F3N. The van der Waals surface area contributed by atoms with Crippen LogP contribution in [0.3, 0.4) is 0 Å². The van der Waals surface area contributed by atoms with E-state index in [0.717, 1.165) is 18.4 Å². The second-order valence-corrected chi connectivity index (χ2v) is 4.93. The first-order valence-corrected chi connectivity index (χ1v) is 5.75. The van der Waals surface area contributed by atoms with E-state index in [4.69, 9.17) is 5.73 Å². The van der Waals surface area contributed by atoms with Gasteiger partial charge >= 0.3 is 6.18 Å². The zero-order chi connectivity index (χ0) is 12.7. The number of nitrogens with two attached hydrogens (primary N) is 1. The van der Waals surface area contributed by atoms with Gasteiger partial charge in [-0.05, 0) is 30.9 Å². The molecule has 4 heteroatoms. The van der Waals surface area contributed by atoms with Crippen molar-refractivity contribution in [3.05, 3.63) is 35.4 Å². The van der Waals surface area contributed by atoms with E-state index in [9.17, 15) is 13.2 Å². The van der Waals surface area contributed by atoms with Crippen LogP contribution in [0.1, 0.15) is 30.9 Å². The van der Waals surface area contributed by atoms with Crippen LogP contribution in [0, 0.1) is 0 Å². The SMILES string of the molecule is CC(N)C1(c2ccc(CC(F)(F)F)cc2)CC1. The van der Waals surface area contributed by atoms with Crippen molar-refractivity contribution < 1.29 is 13.2 Å². The number of alkyl halides is 3. The van der Waals surface area contributed by atoms with Gasteiger partial charge in [0.25, 0.3) is 0 Å². The molecule has 0 aliphatic heterocycles. The smallest absolute Gasteiger partial charge is 0.327 e. The molecule has 0 heterocycles. The molecule has 0 aromatic heterocycles. The van der Waals surface area contributed by atoms with E-state index in [1.807, 2.05) is 6.92 Å². The number of hydrogen-bond donors (Lipinski definition) is 1. The summed E-state index contributed by atoms with van der Waals surface area (Å²) in [6.07, 6.45) is -2.94. The van der Waals surface area contributed by atoms with Gasteiger partial charge in [0.2, 0.25) is 0 Å². The molecule has 2 N–H and O–H groups in total. The Morgan fingerprint density at radius 2 is 1.76 bits per heavy atom. The molecule has 94 valence electrons. The van der Waals surface area contributed by atoms with Crippen molar-refractivity contribution in [1.82, 2.24) is 0 Å². The first-order valence-electron chi connectivity index (χ1n) is 5.75. The van der Waals surface area contributed by atoms with Crippen molar-refractivity contribution in [2.24, 2.45) is 5.73 Å². The quantitative estimate of drug-likeness (QED) is 0.867. The summed E-state index contributed by atoms with van der Waals surface area (Å²) in [4.78, 5) is 0. The normalized spacial score (nSPS) is 20.1. The Kier molecular flexibility index (Phi) is 2.94. The van der Waals surface area contributed by atoms with Crippen LogP contribution in [0.2, 0.25) is 0 Å². The highest BCUT2D eigenvalue weighted by molar-refractivity contribution is 5.35. The lowest BCUT2D eigenvalue weighted by atomic mass is 9.89. The molecule has 0 bridgehead atoms. The van der Waals surface area contributed by atoms with Crippen LogP contribution in [0.5, 0.6) is 0 Å². The summed E-state index contributed by atoms with van der Waals surface area (Å²) in [5.74, 6) is 0. The summed E-state index contributed by atoms with van der Waals surface area (Å²) in [5, 5.41) is 0. The van der Waals surface area contributed by atoms with Gasteiger partial charge in [0.15, 0.2) is 0 Å². The molecule has 1 atom stereocenters. The number of hydrogen-bond acceptors (Lipinski definition) is 1. The fraction of sp³-hybridized carbons (Fsp3) is 0.538. The fourth-order valence-corrected chi connectivity index (χ4v) is 2.33. The molecular weight excluding hydrogens is 227 g/mol. The van der Waals surface area contributed by atoms with E-state index < -0.39 is 12.6 Å². The molecule has 1 fully saturated rings. The van der Waals surface area contributed by atoms with Crippen molar-refractivity contribution in [3.8, 4) is 0 Å². The molecule has 0 spiro atoms. The minimum atomic E-state index is -4.14. The van der Waals surface area contributed by atoms with Gasteiger partial charge in [-0.25, -0.2) is 0 Å². The minimum absolute atomic E-state index is 0.0107. The van der Waals surface area contributed by atoms with Crippen LogP contribution in [0.15, 0.2) is 24.3 Å². The van der Waals surface area contributed by atoms with Gasteiger partial charge in [-0.3, -0.25) is 0 Å². The van der Waals surface area contributed by atoms with Crippen LogP contribution in [-0.4, -0.2) is 12.2 Å². The Labute approximate surface area is 98.8 Å². The summed E-state index contributed by atoms with van der Waals surface area (Å²) in [5.41, 5.74) is 7.31. The third-order valence-electron chi connectivity index (χ3n) is 3.59. The Morgan fingerprint density at radius 3 is 2.12 bits per heavy atom. The van der Waals surface area contributed by atoms with Gasteiger partial charge in [0, 0.05) is 11.5 Å². The van der Waals surface area contributed by atoms with Crippen LogP contribution < -0.4 is 5.73 Å². The molecule has 1 unspecified atom stereocenters. The van der Waals surface area contributed by atoms with E-state index in [1.54, 1.807) is 24.3 Å². The van der Waals surface area contributed by atoms with Crippen molar-refractivity contribution in [3.63, 3.8) is 0 Å². The monoisotopic (exact) mass is 243 g/mol. The largest absolute Gasteiger partial charge is 0.393 e. The van der Waals surface area contributed by atoms with E-state index in [-0.39, 0.29) is 11.5 Å². The maximum Gasteiger partial charge on any atom is 0.393 e. The molecule has 2 rings (SSSR count). The second-order valence-electron chi connectivity index (χ2n) is 4.93. The lowest BCUT2D eigenvalue weighted by Gasteiger charge is -2.20. The Morgan fingerprint density at radius 1 is 1.24 bits per heavy atom. The third-order valence-corrected chi connectivity index (χ3v) is 3.59. The zero-order valence-corrected chi connectivity index (χ0v) is 9.72. The van der Waals surface area contributed by atoms with Gasteiger partial charge in [-0.2, -0.15) is 13.2 Å². The Bertz CT molecular complexity index is 388. The molecule has 17 heavy (non-hydrogen) atoms. The highest BCUT2D eigenvalue weighted by atomic mass is 19.4. The zero-order valence-electron chi connectivity index (χ0n) is 9.72. The molecule has 1 saturated carbocycles. The average Bonchev–Trinajstić information content (AvgIpc) is 2.97. The molecule has 1 aromatic rings. The topological polar surface area (TPSA) is 26.0 Å². The maximum absolute atomic E-state index is 12.2. The van der Waals surface area contributed by atoms with Gasteiger partial charge in [-0.15, -0.1) is 0 Å². The predicted molar refractivity (Wildman–Crippen MR) is 60.8 cm³/mol. The first kappa shape index (κ1) is 12.4. The second kappa shape index (κ2) is 4.02. The van der Waals surface area contributed by atoms with E-state index >= 15 is 0 Å². The van der Waals surface area contributed by atoms with Crippen molar-refractivity contribution >= 4 is 0 Å². The molecule has 1 aliphatic carbocycles. The number of halogens is 3. The Balaban J connectivity index is 2.14. The fourth-order valence-electron chi connectivity index (χ4n) is 2.33. The van der Waals surface area contributed by atoms with Gasteiger partial charge in [0.1, 0.15) is 0 Å². The van der Waals surface area contributed by atoms with Crippen LogP contribution in [0.25, 0.3) is 0 Å². The van der Waals surface area contributed by atoms with Crippen LogP contribution >= 0.6 is 0 Å². The van der Waals surface area contributed by atoms with Gasteiger partial charge < -0.3 is 5.73 Å². The molecule has 0 radical (unpaired) electrons. The van der Waals surface area contributed by atoms with E-state index in [1.165, 1.54) is 0 Å². The van der Waals surface area contributed by atoms with Gasteiger partial charge in [0.05, 0.1) is 6.42 Å². The molecule has 0 amide bonds. The summed E-state index contributed by atoms with van der Waals surface area (Å²) in [6.45, 7) is 1.95. The lowest BCUT2D eigenvalue weighted by molar-refractivity contribution is -0.127. The van der Waals surface area contributed by atoms with E-state index in [2.05, 4.69) is 0 Å². The lowest BCUT2D eigenvalue weighted by Crippen LogP contribution is -2.31. The standard InChI is InChI=1S/C13H16F3N/c1-9(17)12(6-7-12)11-4-2-10(3-5-11)8-13(14,15)16/h2-5,9H,6-8,17H2,1H3. The predicted octanol–water partition coefficient (Wildman–Crippen LogP) is 3.17. The van der Waals surface area contributed by atoms with Crippen molar-refractivity contribution in [2.75, 3.05) is 0 Å². The Hall–Kier alpha value is -1.03. The van der Waals surface area contributed by atoms with E-state index in [0.29, 0.717) is 5.56 Å². The molecule has 1 aliphatic rings. The highest BCUT2D eigenvalue weighted by Crippen LogP contribution is 2.50. The highest BCUT2D eigenvalue weighted by Gasteiger charge is 2.47. The average molecular weight is 243 g/mol. The summed E-state index contributed by atoms with van der Waals surface area (Å²) >= 11 is 0. The third kappa shape index (κ3) is 2.63. The summed E-state index contributed by atoms with van der Waals surface area (Å²) in [6, 6.07) is 6.75. The number of rotatable bonds is 3. The molecule has 0 saturated heterocycles. The first-order chi connectivity index (χ1) is 7.83. The molecule has 1 nitrogen and oxygen atoms in total. The summed E-state index contributed by atoms with van der Waals surface area (Å²) in [7, 11) is 0. The number of benzene rings is 1. The minimum Gasteiger partial charge on any atom is -0.327 e. The van der Waals surface area contributed by atoms with Gasteiger partial charge in [-0.1, -0.05) is 24.3 Å². The maximum atomic E-state index is 12.2. The van der Waals surface area contributed by atoms with Crippen molar-refractivity contribution in [1.29, 1.82) is 0 Å². The molecule has 1 aromatic carbocycles. The van der Waals surface area contributed by atoms with Crippen LogP contribution in [0.4, 0.5) is 13.2 Å². The summed E-state index contributed by atoms with van der Waals surface area (Å²) < 4.78 is 36.6.